The van der Waals surface area contributed by atoms with E-state index in [-0.39, 0.29) is 47.2 Å². The summed E-state index contributed by atoms with van der Waals surface area (Å²) in [5, 5.41) is 1.06. The second-order valence-corrected chi connectivity index (χ2v) is 7.70. The minimum atomic E-state index is -0.443. The van der Waals surface area contributed by atoms with Crippen LogP contribution in [-0.4, -0.2) is 0 Å². The summed E-state index contributed by atoms with van der Waals surface area (Å²) >= 11 is 0.925. The van der Waals surface area contributed by atoms with Crippen LogP contribution in [-0.2, 0) is 0 Å². The van der Waals surface area contributed by atoms with Gasteiger partial charge in [0.25, 0.3) is 0 Å². The molecular formula is C21H11NO4S. The molecule has 5 rings (SSSR count). The lowest BCUT2D eigenvalue weighted by molar-refractivity contribution is 1.50. The van der Waals surface area contributed by atoms with Crippen LogP contribution in [0.15, 0.2) is 55.6 Å². The van der Waals surface area contributed by atoms with E-state index < -0.39 is 10.9 Å². The van der Waals surface area contributed by atoms with Crippen molar-refractivity contribution in [2.45, 2.75) is 6.92 Å². The van der Waals surface area contributed by atoms with Crippen LogP contribution in [0.3, 0.4) is 0 Å². The van der Waals surface area contributed by atoms with Gasteiger partial charge in [0.05, 0.1) is 20.2 Å². The van der Waals surface area contributed by atoms with Crippen LogP contribution in [0.4, 0.5) is 5.69 Å². The summed E-state index contributed by atoms with van der Waals surface area (Å²) in [6.07, 6.45) is 0. The number of benzene rings is 4. The lowest BCUT2D eigenvalue weighted by Crippen LogP contribution is -2.15. The maximum atomic E-state index is 13.1. The minimum absolute atomic E-state index is 0.0311. The molecule has 130 valence electrons. The Hall–Kier alpha value is -3.38. The molecule has 1 aromatic heterocycles. The highest BCUT2D eigenvalue weighted by Crippen LogP contribution is 2.29. The predicted octanol–water partition coefficient (Wildman–Crippen LogP) is 2.57. The summed E-state index contributed by atoms with van der Waals surface area (Å²) in [6, 6.07) is 9.52. The average Bonchev–Trinajstić information content (AvgIpc) is 3.05. The average molecular weight is 373 g/mol. The first-order valence-electron chi connectivity index (χ1n) is 8.24. The molecule has 0 bridgehead atoms. The molecule has 5 aromatic rings. The fourth-order valence-electron chi connectivity index (χ4n) is 3.69. The van der Waals surface area contributed by atoms with Crippen molar-refractivity contribution in [3.8, 4) is 0 Å². The first-order chi connectivity index (χ1) is 12.9. The van der Waals surface area contributed by atoms with Crippen molar-refractivity contribution in [2.24, 2.45) is 0 Å². The zero-order valence-electron chi connectivity index (χ0n) is 14.1. The molecule has 0 radical (unpaired) electrons. The molecule has 4 aromatic carbocycles. The van der Waals surface area contributed by atoms with E-state index in [9.17, 15) is 19.2 Å². The second-order valence-electron chi connectivity index (χ2n) is 6.68. The zero-order valence-corrected chi connectivity index (χ0v) is 14.9. The Kier molecular flexibility index (Phi) is 2.98. The fourth-order valence-corrected chi connectivity index (χ4v) is 4.89. The van der Waals surface area contributed by atoms with E-state index in [2.05, 4.69) is 0 Å². The van der Waals surface area contributed by atoms with Crippen molar-refractivity contribution >= 4 is 58.7 Å². The summed E-state index contributed by atoms with van der Waals surface area (Å²) in [5.74, 6) is 0. The van der Waals surface area contributed by atoms with E-state index in [0.717, 1.165) is 16.9 Å². The van der Waals surface area contributed by atoms with Gasteiger partial charge in [-0.25, -0.2) is 0 Å². The molecule has 0 spiro atoms. The number of nitrogen functional groups attached to an aromatic ring is 1. The SMILES string of the molecule is Cc1ccc2c(=O)c3sc4c(=O)c5ccc(N)cc5c(=O)c4c3c(=O)c2c1. The molecule has 6 heteroatoms. The summed E-state index contributed by atoms with van der Waals surface area (Å²) in [6.45, 7) is 1.82. The van der Waals surface area contributed by atoms with Crippen molar-refractivity contribution < 1.29 is 0 Å². The number of hydrogen-bond donors (Lipinski definition) is 1. The van der Waals surface area contributed by atoms with Gasteiger partial charge in [-0.3, -0.25) is 19.2 Å². The molecule has 27 heavy (non-hydrogen) atoms. The normalized spacial score (nSPS) is 11.9. The Morgan fingerprint density at radius 1 is 0.667 bits per heavy atom. The van der Waals surface area contributed by atoms with Gasteiger partial charge in [-0.2, -0.15) is 0 Å². The van der Waals surface area contributed by atoms with Crippen LogP contribution in [0, 0.1) is 6.92 Å². The maximum Gasteiger partial charge on any atom is 0.204 e. The van der Waals surface area contributed by atoms with Crippen LogP contribution in [0.5, 0.6) is 0 Å². The highest BCUT2D eigenvalue weighted by Gasteiger charge is 2.21. The first-order valence-corrected chi connectivity index (χ1v) is 9.06. The van der Waals surface area contributed by atoms with Gasteiger partial charge in [0, 0.05) is 27.2 Å². The minimum Gasteiger partial charge on any atom is -0.399 e. The highest BCUT2D eigenvalue weighted by molar-refractivity contribution is 7.25. The van der Waals surface area contributed by atoms with Crippen molar-refractivity contribution in [3.05, 3.63) is 82.9 Å². The van der Waals surface area contributed by atoms with Gasteiger partial charge >= 0.3 is 0 Å². The molecule has 0 atom stereocenters. The molecule has 0 aliphatic carbocycles. The van der Waals surface area contributed by atoms with Crippen molar-refractivity contribution in [3.63, 3.8) is 0 Å². The molecule has 0 aliphatic rings. The molecule has 0 fully saturated rings. The quantitative estimate of drug-likeness (QED) is 0.421. The van der Waals surface area contributed by atoms with Gasteiger partial charge in [0.15, 0.2) is 10.9 Å². The summed E-state index contributed by atoms with van der Waals surface area (Å²) in [4.78, 5) is 52.1. The number of thiophene rings is 1. The van der Waals surface area contributed by atoms with E-state index in [1.165, 1.54) is 12.1 Å². The van der Waals surface area contributed by atoms with Gasteiger partial charge < -0.3 is 5.73 Å². The number of nitrogens with two attached hydrogens (primary N) is 1. The summed E-state index contributed by atoms with van der Waals surface area (Å²) in [7, 11) is 0. The van der Waals surface area contributed by atoms with Gasteiger partial charge in [-0.05, 0) is 37.3 Å². The van der Waals surface area contributed by atoms with Crippen molar-refractivity contribution in [1.29, 1.82) is 0 Å². The maximum absolute atomic E-state index is 13.1. The van der Waals surface area contributed by atoms with Gasteiger partial charge in [-0.15, -0.1) is 11.3 Å². The third kappa shape index (κ3) is 1.93. The number of aryl methyl sites for hydroxylation is 1. The summed E-state index contributed by atoms with van der Waals surface area (Å²) < 4.78 is 0.303. The van der Waals surface area contributed by atoms with Crippen LogP contribution in [0.2, 0.25) is 0 Å². The van der Waals surface area contributed by atoms with Crippen LogP contribution < -0.4 is 27.4 Å². The first kappa shape index (κ1) is 15.8. The number of rotatable bonds is 0. The third-order valence-electron chi connectivity index (χ3n) is 4.97. The molecule has 0 unspecified atom stereocenters. The second kappa shape index (κ2) is 5.08. The molecule has 0 saturated heterocycles. The largest absolute Gasteiger partial charge is 0.399 e. The fraction of sp³-hybridized carbons (Fsp3) is 0.0476. The zero-order chi connectivity index (χ0) is 19.0. The molecule has 5 nitrogen and oxygen atoms in total. The number of anilines is 1. The van der Waals surface area contributed by atoms with E-state index >= 15 is 0 Å². The monoisotopic (exact) mass is 373 g/mol. The summed E-state index contributed by atoms with van der Waals surface area (Å²) in [5.41, 5.74) is 5.43. The Morgan fingerprint density at radius 2 is 1.19 bits per heavy atom. The molecule has 0 saturated carbocycles. The Morgan fingerprint density at radius 3 is 1.78 bits per heavy atom. The Bertz CT molecular complexity index is 1550. The Labute approximate surface area is 154 Å². The standard InChI is InChI=1S/C21H11NO4S/c1-8-2-4-10-12(6-8)16(23)14-15-17(24)13-7-9(22)3-5-11(13)19(26)21(15)27-20(14)18(10)25/h2-7H,22H2,1H3. The van der Waals surface area contributed by atoms with Crippen LogP contribution in [0.1, 0.15) is 5.56 Å². The van der Waals surface area contributed by atoms with E-state index in [1.54, 1.807) is 24.3 Å². The van der Waals surface area contributed by atoms with Gasteiger partial charge in [0.2, 0.25) is 10.9 Å². The van der Waals surface area contributed by atoms with E-state index in [0.29, 0.717) is 11.1 Å². The lowest BCUT2D eigenvalue weighted by atomic mass is 10.0. The van der Waals surface area contributed by atoms with E-state index in [1.807, 2.05) is 6.92 Å². The third-order valence-corrected chi connectivity index (χ3v) is 6.16. The number of fused-ring (bicyclic) bond motifs is 5. The van der Waals surface area contributed by atoms with E-state index in [4.69, 9.17) is 5.73 Å². The van der Waals surface area contributed by atoms with Gasteiger partial charge in [0.1, 0.15) is 0 Å². The molecule has 0 aliphatic heterocycles. The van der Waals surface area contributed by atoms with Crippen molar-refractivity contribution in [1.82, 2.24) is 0 Å². The lowest BCUT2D eigenvalue weighted by Gasteiger charge is -2.00. The topological polar surface area (TPSA) is 94.3 Å². The molecule has 2 N–H and O–H groups in total. The molecular weight excluding hydrogens is 362 g/mol. The molecule has 0 amide bonds. The van der Waals surface area contributed by atoms with Crippen LogP contribution in [0.25, 0.3) is 41.7 Å². The van der Waals surface area contributed by atoms with Gasteiger partial charge in [-0.1, -0.05) is 11.6 Å². The smallest absolute Gasteiger partial charge is 0.204 e. The van der Waals surface area contributed by atoms with Crippen LogP contribution >= 0.6 is 11.3 Å². The number of hydrogen-bond acceptors (Lipinski definition) is 6. The predicted molar refractivity (Wildman–Crippen MR) is 111 cm³/mol. The molecule has 1 heterocycles. The highest BCUT2D eigenvalue weighted by atomic mass is 32.1. The Balaban J connectivity index is 2.21. The van der Waals surface area contributed by atoms with Crippen molar-refractivity contribution in [2.75, 3.05) is 5.73 Å².